The van der Waals surface area contributed by atoms with Gasteiger partial charge in [0.05, 0.1) is 39.3 Å². The van der Waals surface area contributed by atoms with Gasteiger partial charge in [0.1, 0.15) is 18.5 Å². The molecule has 3 aliphatic heterocycles. The molecule has 2 N–H and O–H groups in total. The fourth-order valence-corrected chi connectivity index (χ4v) is 3.96. The van der Waals surface area contributed by atoms with Crippen molar-refractivity contribution < 1.29 is 27.9 Å². The normalized spacial score (nSPS) is 35.0. The number of rotatable bonds is 5. The number of carbonyl (C=O) groups is 1. The highest BCUT2D eigenvalue weighted by atomic mass is 16.8. The van der Waals surface area contributed by atoms with Gasteiger partial charge in [0, 0.05) is 0 Å². The van der Waals surface area contributed by atoms with Gasteiger partial charge < -0.3 is 28.8 Å². The second kappa shape index (κ2) is 5.49. The predicted molar refractivity (Wildman–Crippen MR) is 82.2 cm³/mol. The predicted octanol–water partition coefficient (Wildman–Crippen LogP) is -0.195. The minimum atomic E-state index is -1.62. The van der Waals surface area contributed by atoms with Crippen molar-refractivity contribution in [3.8, 4) is 5.75 Å². The number of benzene rings is 1. The standard InChI is InChI=1S/C15H21BN2O5/c17-15(19)9-12-1-3-13(4-2-12)20-11-14-10-18-5-7-21-16(18,23-14)22-8-6-18/h1-4,14H,5-11H2,(H2,17,19)/t14-,16?,18?/m1/s1. The summed E-state index contributed by atoms with van der Waals surface area (Å²) in [5, 5.41) is 0. The SMILES string of the molecule is NC(=O)Cc1ccc(OC[C@H]2C[N+]34CCO[B-]3(OCC4)O2)cc1. The number of ether oxygens (including phenoxy) is 1. The molecule has 1 aromatic carbocycles. The zero-order chi connectivity index (χ0) is 15.9. The Morgan fingerprint density at radius 2 is 1.96 bits per heavy atom. The van der Waals surface area contributed by atoms with E-state index in [0.29, 0.717) is 19.8 Å². The molecule has 0 unspecified atom stereocenters. The number of nitrogens with zero attached hydrogens (tertiary/aromatic N) is 1. The van der Waals surface area contributed by atoms with Crippen LogP contribution in [-0.2, 0) is 25.2 Å². The molecule has 7 nitrogen and oxygen atoms in total. The zero-order valence-corrected chi connectivity index (χ0v) is 13.0. The number of amides is 1. The van der Waals surface area contributed by atoms with Gasteiger partial charge in [-0.1, -0.05) is 12.1 Å². The Labute approximate surface area is 134 Å². The van der Waals surface area contributed by atoms with Crippen LogP contribution in [0.5, 0.6) is 5.75 Å². The Morgan fingerprint density at radius 1 is 1.26 bits per heavy atom. The maximum absolute atomic E-state index is 10.9. The first-order valence-electron chi connectivity index (χ1n) is 8.06. The van der Waals surface area contributed by atoms with Crippen molar-refractivity contribution in [3.63, 3.8) is 0 Å². The zero-order valence-electron chi connectivity index (χ0n) is 13.0. The summed E-state index contributed by atoms with van der Waals surface area (Å²) in [5.74, 6) is 0.412. The van der Waals surface area contributed by atoms with Crippen molar-refractivity contribution in [1.29, 1.82) is 0 Å². The molecule has 0 aromatic heterocycles. The first kappa shape index (κ1) is 15.0. The third kappa shape index (κ3) is 2.51. The van der Waals surface area contributed by atoms with E-state index in [1.807, 2.05) is 24.3 Å². The maximum Gasteiger partial charge on any atom is 0.625 e. The number of nitrogens with two attached hydrogens (primary N) is 1. The quantitative estimate of drug-likeness (QED) is 0.761. The molecule has 0 aliphatic carbocycles. The van der Waals surface area contributed by atoms with E-state index in [0.717, 1.165) is 35.3 Å². The van der Waals surface area contributed by atoms with Crippen LogP contribution < -0.4 is 10.5 Å². The second-order valence-corrected chi connectivity index (χ2v) is 6.55. The van der Waals surface area contributed by atoms with Crippen molar-refractivity contribution in [2.24, 2.45) is 5.73 Å². The summed E-state index contributed by atoms with van der Waals surface area (Å²) >= 11 is 0. The second-order valence-electron chi connectivity index (χ2n) is 6.55. The number of quaternary nitrogens is 1. The summed E-state index contributed by atoms with van der Waals surface area (Å²) in [6.07, 6.45) is 0.215. The van der Waals surface area contributed by atoms with Crippen molar-refractivity contribution in [2.45, 2.75) is 12.5 Å². The molecule has 3 fully saturated rings. The molecular formula is C15H21BN2O5. The molecule has 1 atom stereocenters. The lowest BCUT2D eigenvalue weighted by molar-refractivity contribution is -0.816. The van der Waals surface area contributed by atoms with E-state index in [-0.39, 0.29) is 18.4 Å². The Morgan fingerprint density at radius 3 is 2.57 bits per heavy atom. The molecule has 3 heterocycles. The van der Waals surface area contributed by atoms with E-state index < -0.39 is 6.89 Å². The average molecular weight is 320 g/mol. The first-order valence-corrected chi connectivity index (χ1v) is 8.06. The molecule has 3 aliphatic rings. The van der Waals surface area contributed by atoms with Gasteiger partial charge in [0.15, 0.2) is 0 Å². The highest BCUT2D eigenvalue weighted by molar-refractivity contribution is 6.54. The van der Waals surface area contributed by atoms with Gasteiger partial charge >= 0.3 is 6.89 Å². The molecule has 0 bridgehead atoms. The van der Waals surface area contributed by atoms with Crippen LogP contribution in [0.3, 0.4) is 0 Å². The molecule has 4 rings (SSSR count). The van der Waals surface area contributed by atoms with Crippen molar-refractivity contribution in [3.05, 3.63) is 29.8 Å². The number of primary amides is 1. The van der Waals surface area contributed by atoms with Crippen LogP contribution in [0.25, 0.3) is 0 Å². The van der Waals surface area contributed by atoms with E-state index in [9.17, 15) is 4.79 Å². The topological polar surface area (TPSA) is 80.0 Å². The van der Waals surface area contributed by atoms with Crippen LogP contribution in [-0.4, -0.2) is 62.7 Å². The summed E-state index contributed by atoms with van der Waals surface area (Å²) in [7, 11) is 0. The summed E-state index contributed by atoms with van der Waals surface area (Å²) in [6.45, 7) is 3.04. The van der Waals surface area contributed by atoms with Crippen LogP contribution in [0.2, 0.25) is 0 Å². The molecule has 1 aromatic rings. The Kier molecular flexibility index (Phi) is 3.57. The largest absolute Gasteiger partial charge is 0.625 e. The average Bonchev–Trinajstić information content (AvgIpc) is 3.07. The highest BCUT2D eigenvalue weighted by Gasteiger charge is 2.66. The molecule has 0 radical (unpaired) electrons. The molecule has 3 saturated heterocycles. The third-order valence-electron chi connectivity index (χ3n) is 5.07. The van der Waals surface area contributed by atoms with E-state index in [2.05, 4.69) is 0 Å². The number of hydrogen-bond donors (Lipinski definition) is 1. The van der Waals surface area contributed by atoms with Crippen LogP contribution in [0.4, 0.5) is 0 Å². The summed E-state index contributed by atoms with van der Waals surface area (Å²) in [5.41, 5.74) is 6.06. The Bertz CT molecular complexity index is 578. The summed E-state index contributed by atoms with van der Waals surface area (Å²) in [6, 6.07) is 7.39. The first-order chi connectivity index (χ1) is 11.1. The molecule has 1 amide bonds. The summed E-state index contributed by atoms with van der Waals surface area (Å²) < 4.78 is 24.3. The lowest BCUT2D eigenvalue weighted by Crippen LogP contribution is -2.59. The molecule has 0 saturated carbocycles. The van der Waals surface area contributed by atoms with E-state index >= 15 is 0 Å². The smallest absolute Gasteiger partial charge is 0.491 e. The van der Waals surface area contributed by atoms with Crippen LogP contribution in [0.15, 0.2) is 24.3 Å². The van der Waals surface area contributed by atoms with Gasteiger partial charge in [-0.25, -0.2) is 0 Å². The molecule has 124 valence electrons. The van der Waals surface area contributed by atoms with Gasteiger partial charge in [-0.3, -0.25) is 4.79 Å². The van der Waals surface area contributed by atoms with Gasteiger partial charge in [-0.2, -0.15) is 0 Å². The lowest BCUT2D eigenvalue weighted by Gasteiger charge is -2.37. The fraction of sp³-hybridized carbons (Fsp3) is 0.533. The van der Waals surface area contributed by atoms with E-state index in [4.69, 9.17) is 24.4 Å². The minimum Gasteiger partial charge on any atom is -0.491 e. The van der Waals surface area contributed by atoms with Crippen molar-refractivity contribution >= 4 is 12.8 Å². The van der Waals surface area contributed by atoms with E-state index in [1.165, 1.54) is 0 Å². The Hall–Kier alpha value is -1.61. The fourth-order valence-electron chi connectivity index (χ4n) is 3.96. The monoisotopic (exact) mass is 320 g/mol. The van der Waals surface area contributed by atoms with Gasteiger partial charge in [-0.15, -0.1) is 0 Å². The van der Waals surface area contributed by atoms with E-state index in [1.54, 1.807) is 0 Å². The lowest BCUT2D eigenvalue weighted by atomic mass is 9.94. The van der Waals surface area contributed by atoms with Crippen molar-refractivity contribution in [2.75, 3.05) is 39.5 Å². The summed E-state index contributed by atoms with van der Waals surface area (Å²) in [4.78, 5) is 10.9. The van der Waals surface area contributed by atoms with Gasteiger partial charge in [0.25, 0.3) is 0 Å². The Balaban J connectivity index is 1.35. The molecule has 23 heavy (non-hydrogen) atoms. The third-order valence-corrected chi connectivity index (χ3v) is 5.07. The molecule has 8 heteroatoms. The molecular weight excluding hydrogens is 299 g/mol. The van der Waals surface area contributed by atoms with Crippen LogP contribution in [0, 0.1) is 0 Å². The van der Waals surface area contributed by atoms with Crippen LogP contribution >= 0.6 is 0 Å². The van der Waals surface area contributed by atoms with Crippen molar-refractivity contribution in [1.82, 2.24) is 0 Å². The number of hydrogen-bond acceptors (Lipinski definition) is 5. The highest BCUT2D eigenvalue weighted by Crippen LogP contribution is 2.41. The number of carbonyl (C=O) groups excluding carboxylic acids is 1. The molecule has 0 spiro atoms. The minimum absolute atomic E-state index is 0.0269. The van der Waals surface area contributed by atoms with Crippen LogP contribution in [0.1, 0.15) is 5.56 Å². The van der Waals surface area contributed by atoms with Gasteiger partial charge in [0.2, 0.25) is 5.91 Å². The maximum atomic E-state index is 10.9. The van der Waals surface area contributed by atoms with Gasteiger partial charge in [-0.05, 0) is 17.7 Å².